The van der Waals surface area contributed by atoms with Gasteiger partial charge in [-0.1, -0.05) is 23.7 Å². The number of aromatic hydroxyl groups is 1. The van der Waals surface area contributed by atoms with Crippen LogP contribution in [0, 0.1) is 0 Å². The van der Waals surface area contributed by atoms with Crippen LogP contribution in [0.5, 0.6) is 28.7 Å². The normalized spacial score (nSPS) is 10.6. The van der Waals surface area contributed by atoms with Crippen LogP contribution in [0.15, 0.2) is 42.5 Å². The first-order chi connectivity index (χ1) is 14.0. The van der Waals surface area contributed by atoms with Gasteiger partial charge in [-0.25, -0.2) is 4.79 Å². The highest BCUT2D eigenvalue weighted by molar-refractivity contribution is 6.31. The number of ether oxygens (including phenoxy) is 4. The Labute approximate surface area is 173 Å². The Morgan fingerprint density at radius 1 is 0.966 bits per heavy atom. The number of carbonyl (C=O) groups excluding carboxylic acids is 1. The molecule has 3 aromatic rings. The van der Waals surface area contributed by atoms with E-state index in [0.29, 0.717) is 21.5 Å². The van der Waals surface area contributed by atoms with Gasteiger partial charge in [0.05, 0.1) is 20.3 Å². The molecule has 0 aliphatic carbocycles. The van der Waals surface area contributed by atoms with Gasteiger partial charge in [-0.15, -0.1) is 0 Å². The minimum absolute atomic E-state index is 0.104. The number of halogens is 1. The van der Waals surface area contributed by atoms with Crippen molar-refractivity contribution in [3.8, 4) is 28.7 Å². The van der Waals surface area contributed by atoms with Crippen LogP contribution in [0.3, 0.4) is 0 Å². The third-order valence-electron chi connectivity index (χ3n) is 4.21. The standard InChI is InChI=1S/C22H21ClO6/c1-4-27-20-18(24)14-11-10-13(23)12-16(14)19(21(20)28-5-2)29-22(25)15-8-6-7-9-17(15)26-3/h6-12,24H,4-5H2,1-3H3. The zero-order valence-electron chi connectivity index (χ0n) is 16.3. The van der Waals surface area contributed by atoms with Crippen molar-refractivity contribution in [2.75, 3.05) is 20.3 Å². The van der Waals surface area contributed by atoms with Gasteiger partial charge in [-0.3, -0.25) is 0 Å². The first-order valence-electron chi connectivity index (χ1n) is 9.10. The monoisotopic (exact) mass is 416 g/mol. The largest absolute Gasteiger partial charge is 0.504 e. The van der Waals surface area contributed by atoms with Crippen molar-refractivity contribution in [2.24, 2.45) is 0 Å². The van der Waals surface area contributed by atoms with E-state index in [0.717, 1.165) is 0 Å². The van der Waals surface area contributed by atoms with E-state index in [-0.39, 0.29) is 41.8 Å². The molecule has 0 radical (unpaired) electrons. The molecule has 0 heterocycles. The van der Waals surface area contributed by atoms with Gasteiger partial charge < -0.3 is 24.1 Å². The van der Waals surface area contributed by atoms with E-state index in [2.05, 4.69) is 0 Å². The lowest BCUT2D eigenvalue weighted by Crippen LogP contribution is -2.12. The van der Waals surface area contributed by atoms with Crippen molar-refractivity contribution in [1.82, 2.24) is 0 Å². The first kappa shape index (κ1) is 20.6. The van der Waals surface area contributed by atoms with Crippen molar-refractivity contribution in [3.05, 3.63) is 53.1 Å². The molecule has 3 rings (SSSR count). The number of benzene rings is 3. The van der Waals surface area contributed by atoms with E-state index in [4.69, 9.17) is 30.5 Å². The topological polar surface area (TPSA) is 74.2 Å². The van der Waals surface area contributed by atoms with Crippen LogP contribution in [0.1, 0.15) is 24.2 Å². The Kier molecular flexibility index (Phi) is 6.34. The molecular formula is C22H21ClO6. The number of methoxy groups -OCH3 is 1. The molecule has 7 heteroatoms. The van der Waals surface area contributed by atoms with Crippen LogP contribution in [-0.4, -0.2) is 31.4 Å². The number of phenolic OH excluding ortho intramolecular Hbond substituents is 1. The molecule has 29 heavy (non-hydrogen) atoms. The zero-order valence-corrected chi connectivity index (χ0v) is 17.1. The summed E-state index contributed by atoms with van der Waals surface area (Å²) in [6, 6.07) is 11.6. The van der Waals surface area contributed by atoms with Gasteiger partial charge in [0.1, 0.15) is 11.3 Å². The maximum absolute atomic E-state index is 12.9. The number of rotatable bonds is 7. The van der Waals surface area contributed by atoms with Crippen molar-refractivity contribution in [3.63, 3.8) is 0 Å². The maximum Gasteiger partial charge on any atom is 0.347 e. The second-order valence-corrected chi connectivity index (χ2v) is 6.42. The van der Waals surface area contributed by atoms with Gasteiger partial charge in [0.25, 0.3) is 0 Å². The summed E-state index contributed by atoms with van der Waals surface area (Å²) in [6.45, 7) is 4.11. The summed E-state index contributed by atoms with van der Waals surface area (Å²) in [7, 11) is 1.47. The van der Waals surface area contributed by atoms with E-state index in [1.165, 1.54) is 7.11 Å². The molecule has 0 aliphatic heterocycles. The zero-order chi connectivity index (χ0) is 21.0. The highest BCUT2D eigenvalue weighted by atomic mass is 35.5. The molecule has 0 bridgehead atoms. The number of hydrogen-bond acceptors (Lipinski definition) is 6. The molecule has 0 saturated carbocycles. The first-order valence-corrected chi connectivity index (χ1v) is 9.48. The Hall–Kier alpha value is -3.12. The van der Waals surface area contributed by atoms with Gasteiger partial charge >= 0.3 is 5.97 Å². The van der Waals surface area contributed by atoms with Gasteiger partial charge in [-0.2, -0.15) is 0 Å². The summed E-state index contributed by atoms with van der Waals surface area (Å²) in [4.78, 5) is 12.9. The predicted molar refractivity (Wildman–Crippen MR) is 111 cm³/mol. The van der Waals surface area contributed by atoms with Crippen LogP contribution >= 0.6 is 11.6 Å². The van der Waals surface area contributed by atoms with E-state index >= 15 is 0 Å². The molecule has 6 nitrogen and oxygen atoms in total. The summed E-state index contributed by atoms with van der Waals surface area (Å²) in [6.07, 6.45) is 0. The number of esters is 1. The maximum atomic E-state index is 12.9. The lowest BCUT2D eigenvalue weighted by Gasteiger charge is -2.19. The average Bonchev–Trinajstić information content (AvgIpc) is 2.73. The number of para-hydroxylation sites is 1. The third kappa shape index (κ3) is 4.03. The van der Waals surface area contributed by atoms with Crippen LogP contribution in [-0.2, 0) is 0 Å². The summed E-state index contributed by atoms with van der Waals surface area (Å²) < 4.78 is 22.3. The second kappa shape index (κ2) is 8.92. The molecule has 0 amide bonds. The van der Waals surface area contributed by atoms with Crippen LogP contribution in [0.4, 0.5) is 0 Å². The highest BCUT2D eigenvalue weighted by Crippen LogP contribution is 2.51. The number of hydrogen-bond donors (Lipinski definition) is 1. The van der Waals surface area contributed by atoms with Gasteiger partial charge in [0.15, 0.2) is 11.5 Å². The average molecular weight is 417 g/mol. The summed E-state index contributed by atoms with van der Waals surface area (Å²) >= 11 is 6.16. The van der Waals surface area contributed by atoms with E-state index in [1.54, 1.807) is 56.3 Å². The van der Waals surface area contributed by atoms with Crippen molar-refractivity contribution >= 4 is 28.3 Å². The molecule has 3 aromatic carbocycles. The van der Waals surface area contributed by atoms with E-state index < -0.39 is 5.97 Å². The quantitative estimate of drug-likeness (QED) is 0.420. The summed E-state index contributed by atoms with van der Waals surface area (Å²) in [5, 5.41) is 12.0. The predicted octanol–water partition coefficient (Wildman–Crippen LogP) is 5.22. The van der Waals surface area contributed by atoms with Crippen molar-refractivity contribution in [2.45, 2.75) is 13.8 Å². The van der Waals surface area contributed by atoms with Crippen molar-refractivity contribution < 1.29 is 28.8 Å². The molecule has 0 spiro atoms. The Bertz CT molecular complexity index is 1050. The molecule has 152 valence electrons. The number of phenols is 1. The highest BCUT2D eigenvalue weighted by Gasteiger charge is 2.26. The number of carbonyl (C=O) groups is 1. The van der Waals surface area contributed by atoms with Crippen LogP contribution < -0.4 is 18.9 Å². The van der Waals surface area contributed by atoms with E-state index in [9.17, 15) is 9.90 Å². The Morgan fingerprint density at radius 2 is 1.66 bits per heavy atom. The minimum Gasteiger partial charge on any atom is -0.504 e. The molecular weight excluding hydrogens is 396 g/mol. The Morgan fingerprint density at radius 3 is 2.34 bits per heavy atom. The van der Waals surface area contributed by atoms with Gasteiger partial charge in [-0.05, 0) is 44.2 Å². The minimum atomic E-state index is -0.641. The SMILES string of the molecule is CCOc1c(OCC)c(OC(=O)c2ccccc2OC)c2cc(Cl)ccc2c1O. The molecule has 0 aliphatic rings. The number of fused-ring (bicyclic) bond motifs is 1. The van der Waals surface area contributed by atoms with E-state index in [1.807, 2.05) is 0 Å². The lowest BCUT2D eigenvalue weighted by molar-refractivity contribution is 0.0726. The fourth-order valence-electron chi connectivity index (χ4n) is 2.98. The van der Waals surface area contributed by atoms with Crippen molar-refractivity contribution in [1.29, 1.82) is 0 Å². The summed E-state index contributed by atoms with van der Waals surface area (Å²) in [5.41, 5.74) is 0.249. The van der Waals surface area contributed by atoms with Crippen LogP contribution in [0.25, 0.3) is 10.8 Å². The molecule has 0 unspecified atom stereocenters. The molecule has 1 N–H and O–H groups in total. The molecule has 0 aromatic heterocycles. The third-order valence-corrected chi connectivity index (χ3v) is 4.44. The fraction of sp³-hybridized carbons (Fsp3) is 0.227. The van der Waals surface area contributed by atoms with Crippen LogP contribution in [0.2, 0.25) is 5.02 Å². The second-order valence-electron chi connectivity index (χ2n) is 5.98. The molecule has 0 saturated heterocycles. The Balaban J connectivity index is 2.23. The molecule has 0 atom stereocenters. The van der Waals surface area contributed by atoms with Gasteiger partial charge in [0.2, 0.25) is 11.5 Å². The molecule has 0 fully saturated rings. The summed E-state index contributed by atoms with van der Waals surface area (Å²) in [5.74, 6) is -0.0307. The van der Waals surface area contributed by atoms with Gasteiger partial charge in [0, 0.05) is 15.8 Å². The fourth-order valence-corrected chi connectivity index (χ4v) is 3.15. The lowest BCUT2D eigenvalue weighted by atomic mass is 10.1. The smallest absolute Gasteiger partial charge is 0.347 e.